The average Bonchev–Trinajstić information content (AvgIpc) is 2.43. The quantitative estimate of drug-likeness (QED) is 0.820. The van der Waals surface area contributed by atoms with Crippen LogP contribution in [0.25, 0.3) is 0 Å². The highest BCUT2D eigenvalue weighted by Crippen LogP contribution is 2.32. The van der Waals surface area contributed by atoms with Crippen LogP contribution in [0.5, 0.6) is 5.75 Å². The molecule has 0 saturated carbocycles. The lowest BCUT2D eigenvalue weighted by molar-refractivity contribution is 0.255. The van der Waals surface area contributed by atoms with Crippen LogP contribution in [0.1, 0.15) is 38.2 Å². The van der Waals surface area contributed by atoms with Gasteiger partial charge in [0.05, 0.1) is 12.8 Å². The number of piperidine rings is 1. The van der Waals surface area contributed by atoms with Gasteiger partial charge in [-0.2, -0.15) is 0 Å². The molecule has 1 aromatic carbocycles. The minimum absolute atomic E-state index is 0.658. The summed E-state index contributed by atoms with van der Waals surface area (Å²) in [7, 11) is 3.85. The second-order valence-electron chi connectivity index (χ2n) is 4.58. The van der Waals surface area contributed by atoms with Gasteiger partial charge in [0, 0.05) is 0 Å². The molecule has 3 heteroatoms. The van der Waals surface area contributed by atoms with E-state index in [0.29, 0.717) is 5.92 Å². The van der Waals surface area contributed by atoms with Crippen molar-refractivity contribution >= 4 is 5.69 Å². The smallest absolute Gasteiger partial charge is 0.142 e. The highest BCUT2D eigenvalue weighted by Gasteiger charge is 2.18. The molecule has 3 nitrogen and oxygen atoms in total. The molecule has 2 rings (SSSR count). The van der Waals surface area contributed by atoms with Crippen LogP contribution in [-0.2, 0) is 0 Å². The summed E-state index contributed by atoms with van der Waals surface area (Å²) in [6, 6.07) is 6.17. The zero-order valence-electron chi connectivity index (χ0n) is 12.1. The van der Waals surface area contributed by atoms with E-state index in [-0.39, 0.29) is 0 Å². The first-order valence-electron chi connectivity index (χ1n) is 6.82. The summed E-state index contributed by atoms with van der Waals surface area (Å²) in [5.74, 6) is 1.46. The molecule has 1 aliphatic rings. The number of hydrogen-bond donors (Lipinski definition) is 1. The number of rotatable bonds is 2. The van der Waals surface area contributed by atoms with Gasteiger partial charge in [0.1, 0.15) is 5.75 Å². The molecule has 18 heavy (non-hydrogen) atoms. The molecular formula is C15H26N2O. The van der Waals surface area contributed by atoms with Crippen LogP contribution in [0.3, 0.4) is 0 Å². The predicted molar refractivity (Wildman–Crippen MR) is 78.2 cm³/mol. The van der Waals surface area contributed by atoms with E-state index in [1.807, 2.05) is 19.9 Å². The van der Waals surface area contributed by atoms with Crippen molar-refractivity contribution in [2.75, 3.05) is 33.0 Å². The molecule has 0 unspecified atom stereocenters. The minimum Gasteiger partial charge on any atom is -0.495 e. The molecule has 0 aromatic heterocycles. The second-order valence-corrected chi connectivity index (χ2v) is 4.58. The molecule has 2 N–H and O–H groups in total. The Morgan fingerprint density at radius 3 is 2.39 bits per heavy atom. The standard InChI is InChI=1S/C13H20N2O.C2H6/c1-15-7-5-10(6-8-15)11-3-4-12(14)13(9-11)16-2;1-2/h3-4,9-10H,5-8,14H2,1-2H3;1-2H3. The van der Waals surface area contributed by atoms with Crippen molar-refractivity contribution in [1.29, 1.82) is 0 Å². The van der Waals surface area contributed by atoms with E-state index in [1.54, 1.807) is 7.11 Å². The highest BCUT2D eigenvalue weighted by molar-refractivity contribution is 5.54. The molecule has 1 heterocycles. The SMILES string of the molecule is CC.COc1cc(C2CCN(C)CC2)ccc1N. The molecule has 102 valence electrons. The maximum absolute atomic E-state index is 5.82. The summed E-state index contributed by atoms with van der Waals surface area (Å²) < 4.78 is 5.26. The van der Waals surface area contributed by atoms with Gasteiger partial charge >= 0.3 is 0 Å². The Morgan fingerprint density at radius 1 is 1.22 bits per heavy atom. The summed E-state index contributed by atoms with van der Waals surface area (Å²) in [5.41, 5.74) is 7.90. The van der Waals surface area contributed by atoms with Crippen molar-refractivity contribution in [2.24, 2.45) is 0 Å². The molecule has 0 atom stereocenters. The number of nitrogens with two attached hydrogens (primary N) is 1. The minimum atomic E-state index is 0.658. The zero-order chi connectivity index (χ0) is 13.5. The fourth-order valence-corrected chi connectivity index (χ4v) is 2.32. The first-order chi connectivity index (χ1) is 8.70. The third kappa shape index (κ3) is 3.64. The van der Waals surface area contributed by atoms with Crippen LogP contribution in [0, 0.1) is 0 Å². The van der Waals surface area contributed by atoms with E-state index in [1.165, 1.54) is 31.5 Å². The van der Waals surface area contributed by atoms with Crippen molar-refractivity contribution in [3.05, 3.63) is 23.8 Å². The molecule has 0 amide bonds. The zero-order valence-corrected chi connectivity index (χ0v) is 12.1. The highest BCUT2D eigenvalue weighted by atomic mass is 16.5. The van der Waals surface area contributed by atoms with Crippen LogP contribution in [0.2, 0.25) is 0 Å². The van der Waals surface area contributed by atoms with Crippen molar-refractivity contribution in [1.82, 2.24) is 4.90 Å². The van der Waals surface area contributed by atoms with Gasteiger partial charge in [-0.25, -0.2) is 0 Å². The number of ether oxygens (including phenoxy) is 1. The first-order valence-corrected chi connectivity index (χ1v) is 6.82. The Morgan fingerprint density at radius 2 is 1.83 bits per heavy atom. The van der Waals surface area contributed by atoms with E-state index >= 15 is 0 Å². The number of methoxy groups -OCH3 is 1. The Hall–Kier alpha value is -1.22. The largest absolute Gasteiger partial charge is 0.495 e. The van der Waals surface area contributed by atoms with Crippen LogP contribution < -0.4 is 10.5 Å². The molecule has 0 radical (unpaired) electrons. The number of benzene rings is 1. The number of nitrogens with zero attached hydrogens (tertiary/aromatic N) is 1. The summed E-state index contributed by atoms with van der Waals surface area (Å²) >= 11 is 0. The Kier molecular flexibility index (Phi) is 5.99. The lowest BCUT2D eigenvalue weighted by Crippen LogP contribution is -2.29. The Bertz CT molecular complexity index is 358. The maximum atomic E-state index is 5.82. The van der Waals surface area contributed by atoms with Gasteiger partial charge in [-0.3, -0.25) is 0 Å². The van der Waals surface area contributed by atoms with Crippen molar-refractivity contribution in [3.8, 4) is 5.75 Å². The van der Waals surface area contributed by atoms with Crippen LogP contribution >= 0.6 is 0 Å². The van der Waals surface area contributed by atoms with E-state index in [2.05, 4.69) is 24.1 Å². The molecule has 1 aliphatic heterocycles. The lowest BCUT2D eigenvalue weighted by atomic mass is 9.89. The topological polar surface area (TPSA) is 38.5 Å². The summed E-state index contributed by atoms with van der Waals surface area (Å²) in [4.78, 5) is 2.38. The first kappa shape index (κ1) is 14.8. The molecule has 0 bridgehead atoms. The molecule has 1 aromatic rings. The van der Waals surface area contributed by atoms with Gasteiger partial charge in [-0.05, 0) is 56.6 Å². The summed E-state index contributed by atoms with van der Waals surface area (Å²) in [5, 5.41) is 0. The van der Waals surface area contributed by atoms with Gasteiger partial charge < -0.3 is 15.4 Å². The van der Waals surface area contributed by atoms with Crippen molar-refractivity contribution in [2.45, 2.75) is 32.6 Å². The maximum Gasteiger partial charge on any atom is 0.142 e. The number of nitrogen functional groups attached to an aromatic ring is 1. The molecule has 1 fully saturated rings. The van der Waals surface area contributed by atoms with Gasteiger partial charge in [0.25, 0.3) is 0 Å². The second kappa shape index (κ2) is 7.27. The summed E-state index contributed by atoms with van der Waals surface area (Å²) in [6.45, 7) is 6.36. The molecule has 0 aliphatic carbocycles. The number of anilines is 1. The van der Waals surface area contributed by atoms with E-state index < -0.39 is 0 Å². The van der Waals surface area contributed by atoms with Gasteiger partial charge in [0.15, 0.2) is 0 Å². The van der Waals surface area contributed by atoms with Gasteiger partial charge in [-0.15, -0.1) is 0 Å². The van der Waals surface area contributed by atoms with E-state index in [9.17, 15) is 0 Å². The van der Waals surface area contributed by atoms with Crippen molar-refractivity contribution in [3.63, 3.8) is 0 Å². The van der Waals surface area contributed by atoms with Crippen LogP contribution in [0.15, 0.2) is 18.2 Å². The lowest BCUT2D eigenvalue weighted by Gasteiger charge is -2.29. The Labute approximate surface area is 111 Å². The number of likely N-dealkylation sites (tertiary alicyclic amines) is 1. The van der Waals surface area contributed by atoms with E-state index in [0.717, 1.165) is 11.4 Å². The molecular weight excluding hydrogens is 224 g/mol. The average molecular weight is 250 g/mol. The molecule has 1 saturated heterocycles. The third-order valence-electron chi connectivity index (χ3n) is 3.45. The van der Waals surface area contributed by atoms with Gasteiger partial charge in [0.2, 0.25) is 0 Å². The summed E-state index contributed by atoms with van der Waals surface area (Å²) in [6.07, 6.45) is 2.45. The fourth-order valence-electron chi connectivity index (χ4n) is 2.32. The third-order valence-corrected chi connectivity index (χ3v) is 3.45. The fraction of sp³-hybridized carbons (Fsp3) is 0.600. The number of hydrogen-bond acceptors (Lipinski definition) is 3. The normalized spacial score (nSPS) is 16.9. The van der Waals surface area contributed by atoms with Crippen LogP contribution in [-0.4, -0.2) is 32.1 Å². The van der Waals surface area contributed by atoms with E-state index in [4.69, 9.17) is 10.5 Å². The monoisotopic (exact) mass is 250 g/mol. The van der Waals surface area contributed by atoms with Crippen LogP contribution in [0.4, 0.5) is 5.69 Å². The predicted octanol–water partition coefficient (Wildman–Crippen LogP) is 3.11. The van der Waals surface area contributed by atoms with Crippen molar-refractivity contribution < 1.29 is 4.74 Å². The van der Waals surface area contributed by atoms with Gasteiger partial charge in [-0.1, -0.05) is 19.9 Å². The Balaban J connectivity index is 0.000000771. The molecule has 0 spiro atoms.